The number of terminal acetylenes is 1. The number of nitrogens with zero attached hydrogens (tertiary/aromatic N) is 8. The number of anilines is 2. The summed E-state index contributed by atoms with van der Waals surface area (Å²) in [6.45, 7) is -5.69. The molecule has 0 spiro atoms. The molecule has 222 valence electrons. The number of nitrogens with two attached hydrogens (primary N) is 2. The van der Waals surface area contributed by atoms with Gasteiger partial charge < -0.3 is 40.6 Å². The number of nitrogen functional groups attached to an aromatic ring is 2. The molecule has 18 nitrogen and oxygen atoms in total. The number of ether oxygens (including phenoxy) is 2. The van der Waals surface area contributed by atoms with Gasteiger partial charge in [0.2, 0.25) is 5.95 Å². The molecular formula is C21H23FN11O7PS. The van der Waals surface area contributed by atoms with Crippen molar-refractivity contribution in [3.05, 3.63) is 23.0 Å². The number of hydrogen-bond donors (Lipinski definition) is 6. The van der Waals surface area contributed by atoms with Gasteiger partial charge in [0.05, 0.1) is 19.5 Å². The largest absolute Gasteiger partial charge is 0.394 e. The molecule has 0 saturated carbocycles. The molecule has 0 radical (unpaired) electrons. The van der Waals surface area contributed by atoms with E-state index >= 15 is 4.39 Å². The molecule has 6 heterocycles. The van der Waals surface area contributed by atoms with Gasteiger partial charge in [-0.2, -0.15) is 9.67 Å². The topological polar surface area (TPSA) is 260 Å². The van der Waals surface area contributed by atoms with Crippen LogP contribution in [0.25, 0.3) is 22.3 Å². The van der Waals surface area contributed by atoms with E-state index < -0.39 is 67.4 Å². The molecule has 0 aliphatic carbocycles. The molecule has 2 fully saturated rings. The van der Waals surface area contributed by atoms with Crippen LogP contribution in [0.2, 0.25) is 0 Å². The fourth-order valence-electron chi connectivity index (χ4n) is 5.01. The lowest BCUT2D eigenvalue weighted by atomic mass is 9.99. The fraction of sp³-hybridized carbons (Fsp3) is 0.476. The van der Waals surface area contributed by atoms with E-state index in [1.165, 1.54) is 17.2 Å². The lowest BCUT2D eigenvalue weighted by Crippen LogP contribution is -2.43. The lowest BCUT2D eigenvalue weighted by molar-refractivity contribution is -0.0846. The molecule has 1 unspecified atom stereocenters. The van der Waals surface area contributed by atoms with Crippen LogP contribution in [0.1, 0.15) is 18.9 Å². The van der Waals surface area contributed by atoms with Gasteiger partial charge in [-0.25, -0.2) is 19.3 Å². The summed E-state index contributed by atoms with van der Waals surface area (Å²) < 4.78 is 35.4. The predicted molar refractivity (Wildman–Crippen MR) is 145 cm³/mol. The Morgan fingerprint density at radius 1 is 1.33 bits per heavy atom. The van der Waals surface area contributed by atoms with Crippen LogP contribution in [0, 0.1) is 12.3 Å². The molecule has 6 rings (SSSR count). The maximum Gasteiger partial charge on any atom is 0.282 e. The molecule has 2 aliphatic rings. The van der Waals surface area contributed by atoms with Crippen molar-refractivity contribution in [2.75, 3.05) is 24.7 Å². The number of aromatic amines is 1. The normalized spacial score (nSPS) is 31.0. The quantitative estimate of drug-likeness (QED) is 0.0968. The van der Waals surface area contributed by atoms with E-state index in [1.54, 1.807) is 0 Å². The molecule has 0 amide bonds. The molecule has 4 aromatic heterocycles. The molecule has 21 heteroatoms. The lowest BCUT2D eigenvalue weighted by Gasteiger charge is -2.32. The van der Waals surface area contributed by atoms with Crippen LogP contribution >= 0.6 is 6.49 Å². The highest BCUT2D eigenvalue weighted by Gasteiger charge is 2.56. The number of rotatable bonds is 7. The Hall–Kier alpha value is -3.67. The second-order valence-corrected chi connectivity index (χ2v) is 13.2. The predicted octanol–water partition coefficient (Wildman–Crippen LogP) is -1.91. The third-order valence-electron chi connectivity index (χ3n) is 7.15. The van der Waals surface area contributed by atoms with E-state index in [0.717, 1.165) is 4.68 Å². The minimum atomic E-state index is -4.26. The smallest absolute Gasteiger partial charge is 0.282 e. The third kappa shape index (κ3) is 4.42. The molecule has 4 aromatic rings. The number of H-pyrrole nitrogens is 1. The number of aliphatic hydroxyl groups excluding tert-OH is 2. The van der Waals surface area contributed by atoms with E-state index in [1.807, 2.05) is 0 Å². The Balaban J connectivity index is 1.28. The molecule has 2 aliphatic heterocycles. The van der Waals surface area contributed by atoms with E-state index in [9.17, 15) is 19.9 Å². The van der Waals surface area contributed by atoms with E-state index in [0.29, 0.717) is 11.2 Å². The summed E-state index contributed by atoms with van der Waals surface area (Å²) in [6.07, 6.45) is 1.17. The molecule has 8 atom stereocenters. The van der Waals surface area contributed by atoms with Crippen LogP contribution in [-0.4, -0.2) is 102 Å². The first-order valence-corrected chi connectivity index (χ1v) is 15.0. The second kappa shape index (κ2) is 10.3. The maximum absolute atomic E-state index is 15.6. The molecular weight excluding hydrogens is 600 g/mol. The van der Waals surface area contributed by atoms with Crippen molar-refractivity contribution in [3.63, 3.8) is 0 Å². The molecule has 8 N–H and O–H groups in total. The van der Waals surface area contributed by atoms with Crippen molar-refractivity contribution in [2.45, 2.75) is 48.5 Å². The van der Waals surface area contributed by atoms with Gasteiger partial charge in [-0.3, -0.25) is 14.3 Å². The number of fused-ring (bicyclic) bond motifs is 2. The Morgan fingerprint density at radius 3 is 2.86 bits per heavy atom. The number of nitrogens with one attached hydrogen (secondary N) is 1. The van der Waals surface area contributed by atoms with Crippen LogP contribution in [0.5, 0.6) is 0 Å². The Labute approximate surface area is 239 Å². The van der Waals surface area contributed by atoms with Crippen molar-refractivity contribution < 1.29 is 33.5 Å². The fourth-order valence-corrected chi connectivity index (χ4v) is 7.45. The highest BCUT2D eigenvalue weighted by Crippen LogP contribution is 2.59. The number of alkyl halides is 1. The van der Waals surface area contributed by atoms with Gasteiger partial charge in [-0.05, 0) is 11.8 Å². The van der Waals surface area contributed by atoms with Gasteiger partial charge in [0.15, 0.2) is 40.9 Å². The molecule has 0 bridgehead atoms. The van der Waals surface area contributed by atoms with Crippen molar-refractivity contribution >= 4 is 52.4 Å². The van der Waals surface area contributed by atoms with Gasteiger partial charge in [0.1, 0.15) is 42.1 Å². The van der Waals surface area contributed by atoms with Crippen molar-refractivity contribution in [2.24, 2.45) is 0 Å². The minimum Gasteiger partial charge on any atom is -0.394 e. The summed E-state index contributed by atoms with van der Waals surface area (Å²) in [4.78, 5) is 42.1. The standard InChI is InChI=1S/C21H23FN11O7PS/c1-2-21(9(35)3-10(40-21)32-7-27-12-15(23)25-6-26-16(12)32)5-38-41(37,42)14-11(22)8(4-34)39-19(14)33-17-13(30-31-33)18(36)29-20(24)28-17/h1,6-11,14,19,34-35H,3-5H2,(H,37,42)(H2,23,25,26)(H3,24,28,29,36)/t8-,9+,10-,11+,14-,19-,21-,41?/m1/s1. The average molecular weight is 624 g/mol. The third-order valence-corrected chi connectivity index (χ3v) is 9.99. The highest BCUT2D eigenvalue weighted by atomic mass is 32.5. The van der Waals surface area contributed by atoms with Gasteiger partial charge in [-0.1, -0.05) is 11.1 Å². The molecule has 42 heavy (non-hydrogen) atoms. The first-order chi connectivity index (χ1) is 20.0. The minimum absolute atomic E-state index is 0.0305. The first kappa shape index (κ1) is 28.4. The number of halogens is 1. The number of hydrogen-bond acceptors (Lipinski definition) is 15. The van der Waals surface area contributed by atoms with Crippen LogP contribution in [0.4, 0.5) is 16.2 Å². The van der Waals surface area contributed by atoms with E-state index in [-0.39, 0.29) is 29.4 Å². The second-order valence-electron chi connectivity index (χ2n) is 9.62. The van der Waals surface area contributed by atoms with Crippen molar-refractivity contribution in [1.29, 1.82) is 0 Å². The number of aliphatic hydroxyl groups is 2. The zero-order chi connectivity index (χ0) is 30.0. The SMILES string of the molecule is C#C[C@]1(COP(O)(=S)[C@@H]2[C@@H](F)[C@@H](CO)O[C@H]2n2nnc3c(=O)[nH]c(N)nc32)O[C@@H](n2cnc3c(N)ncnc32)C[C@@H]1O. The van der Waals surface area contributed by atoms with Gasteiger partial charge in [-0.15, -0.1) is 11.5 Å². The number of aromatic nitrogens is 9. The zero-order valence-electron chi connectivity index (χ0n) is 21.3. The maximum atomic E-state index is 15.6. The Bertz CT molecular complexity index is 1830. The van der Waals surface area contributed by atoms with Gasteiger partial charge in [0.25, 0.3) is 5.56 Å². The zero-order valence-corrected chi connectivity index (χ0v) is 23.0. The summed E-state index contributed by atoms with van der Waals surface area (Å²) in [5, 5.41) is 28.2. The summed E-state index contributed by atoms with van der Waals surface area (Å²) in [5.74, 6) is 2.23. The first-order valence-electron chi connectivity index (χ1n) is 12.2. The van der Waals surface area contributed by atoms with E-state index in [4.69, 9.17) is 43.7 Å². The summed E-state index contributed by atoms with van der Waals surface area (Å²) in [6, 6.07) is 0. The van der Waals surface area contributed by atoms with Crippen molar-refractivity contribution in [1.82, 2.24) is 44.5 Å². The van der Waals surface area contributed by atoms with Gasteiger partial charge in [0, 0.05) is 6.42 Å². The Morgan fingerprint density at radius 2 is 2.12 bits per heavy atom. The Kier molecular flexibility index (Phi) is 6.94. The van der Waals surface area contributed by atoms with Crippen LogP contribution in [-0.2, 0) is 25.8 Å². The number of imidazole rings is 1. The highest BCUT2D eigenvalue weighted by molar-refractivity contribution is 8.09. The summed E-state index contributed by atoms with van der Waals surface area (Å²) in [7, 11) is 0. The molecule has 0 aromatic carbocycles. The average Bonchev–Trinajstić information content (AvgIpc) is 3.71. The van der Waals surface area contributed by atoms with Crippen LogP contribution in [0.3, 0.4) is 0 Å². The summed E-state index contributed by atoms with van der Waals surface area (Å²) in [5.41, 5.74) is 7.54. The summed E-state index contributed by atoms with van der Waals surface area (Å²) >= 11 is 5.38. The molecule has 2 saturated heterocycles. The monoisotopic (exact) mass is 623 g/mol. The van der Waals surface area contributed by atoms with Crippen molar-refractivity contribution in [3.8, 4) is 12.3 Å². The van der Waals surface area contributed by atoms with Gasteiger partial charge >= 0.3 is 0 Å². The van der Waals surface area contributed by atoms with Crippen LogP contribution < -0.4 is 17.0 Å². The van der Waals surface area contributed by atoms with Crippen LogP contribution in [0.15, 0.2) is 17.4 Å². The van der Waals surface area contributed by atoms with E-state index in [2.05, 4.69) is 41.2 Å².